The maximum Gasteiger partial charge on any atom is 0.268 e. The summed E-state index contributed by atoms with van der Waals surface area (Å²) in [4.78, 5) is 37.4. The Balaban J connectivity index is 1.85. The number of benzene rings is 2. The highest BCUT2D eigenvalue weighted by atomic mass is 16.5. The van der Waals surface area contributed by atoms with E-state index in [2.05, 4.69) is 5.32 Å². The lowest BCUT2D eigenvalue weighted by Gasteiger charge is -2.32. The lowest BCUT2D eigenvalue weighted by molar-refractivity contribution is -0.127. The fourth-order valence-corrected chi connectivity index (χ4v) is 2.95. The summed E-state index contributed by atoms with van der Waals surface area (Å²) in [5, 5.41) is 2.84. The first-order valence-corrected chi connectivity index (χ1v) is 8.33. The number of aryl methyl sites for hydroxylation is 2. The highest BCUT2D eigenvalue weighted by Crippen LogP contribution is 2.34. The van der Waals surface area contributed by atoms with E-state index in [-0.39, 0.29) is 18.4 Å². The summed E-state index contributed by atoms with van der Waals surface area (Å²) in [6, 6.07) is 10.5. The first kappa shape index (κ1) is 17.7. The molecule has 1 heterocycles. The Bertz CT molecular complexity index is 891. The Morgan fingerprint density at radius 3 is 2.69 bits per heavy atom. The first-order chi connectivity index (χ1) is 12.4. The zero-order chi connectivity index (χ0) is 18.8. The summed E-state index contributed by atoms with van der Waals surface area (Å²) in [6.45, 7) is 5.37. The van der Waals surface area contributed by atoms with Gasteiger partial charge in [-0.3, -0.25) is 19.3 Å². The van der Waals surface area contributed by atoms with E-state index in [1.165, 1.54) is 4.90 Å². The molecule has 0 saturated carbocycles. The molecule has 2 aromatic carbocycles. The number of ether oxygens (including phenoxy) is 1. The number of anilines is 2. The number of aldehydes is 1. The molecule has 1 atom stereocenters. The average molecular weight is 352 g/mol. The van der Waals surface area contributed by atoms with Gasteiger partial charge in [0.05, 0.1) is 5.69 Å². The Morgan fingerprint density at radius 2 is 2.00 bits per heavy atom. The van der Waals surface area contributed by atoms with Crippen molar-refractivity contribution in [1.82, 2.24) is 0 Å². The van der Waals surface area contributed by atoms with Gasteiger partial charge < -0.3 is 10.1 Å². The number of nitrogens with one attached hydrogen (secondary N) is 1. The third kappa shape index (κ3) is 3.44. The summed E-state index contributed by atoms with van der Waals surface area (Å²) in [5.41, 5.74) is 3.59. The molecular formula is C20H20N2O4. The van der Waals surface area contributed by atoms with Crippen molar-refractivity contribution in [3.05, 3.63) is 53.1 Å². The van der Waals surface area contributed by atoms with Gasteiger partial charge >= 0.3 is 0 Å². The largest absolute Gasteiger partial charge is 0.479 e. The smallest absolute Gasteiger partial charge is 0.268 e. The molecule has 1 aliphatic heterocycles. The third-order valence-electron chi connectivity index (χ3n) is 4.29. The van der Waals surface area contributed by atoms with Crippen molar-refractivity contribution in [3.8, 4) is 5.75 Å². The van der Waals surface area contributed by atoms with Crippen LogP contribution in [0.3, 0.4) is 0 Å². The summed E-state index contributed by atoms with van der Waals surface area (Å²) in [5.74, 6) is -0.166. The lowest BCUT2D eigenvalue weighted by Crippen LogP contribution is -2.47. The number of carbonyl (C=O) groups excluding carboxylic acids is 3. The molecule has 0 bridgehead atoms. The molecule has 0 spiro atoms. The summed E-state index contributed by atoms with van der Waals surface area (Å²) < 4.78 is 5.57. The third-order valence-corrected chi connectivity index (χ3v) is 4.29. The van der Waals surface area contributed by atoms with Crippen molar-refractivity contribution in [3.63, 3.8) is 0 Å². The summed E-state index contributed by atoms with van der Waals surface area (Å²) in [7, 11) is 0. The number of amides is 2. The van der Waals surface area contributed by atoms with Gasteiger partial charge in [0.15, 0.2) is 6.10 Å². The average Bonchev–Trinajstić information content (AvgIpc) is 2.61. The standard InChI is InChI=1S/C20H20N2O4/c1-12-4-6-16(13(2)8-12)21-19(24)10-22-17-9-15(11-23)5-7-18(17)26-14(3)20(22)25/h4-9,11,14H,10H2,1-3H3,(H,21,24). The molecule has 134 valence electrons. The van der Waals surface area contributed by atoms with Crippen molar-refractivity contribution in [2.45, 2.75) is 26.9 Å². The molecule has 26 heavy (non-hydrogen) atoms. The van der Waals surface area contributed by atoms with Gasteiger partial charge in [-0.25, -0.2) is 0 Å². The van der Waals surface area contributed by atoms with E-state index in [1.54, 1.807) is 25.1 Å². The second kappa shape index (κ2) is 7.00. The second-order valence-corrected chi connectivity index (χ2v) is 6.40. The van der Waals surface area contributed by atoms with Crippen LogP contribution in [0.1, 0.15) is 28.4 Å². The SMILES string of the molecule is Cc1ccc(NC(=O)CN2C(=O)C(C)Oc3ccc(C=O)cc32)c(C)c1. The lowest BCUT2D eigenvalue weighted by atomic mass is 10.1. The Labute approximate surface area is 151 Å². The van der Waals surface area contributed by atoms with Crippen LogP contribution < -0.4 is 15.0 Å². The number of hydrogen-bond donors (Lipinski definition) is 1. The highest BCUT2D eigenvalue weighted by molar-refractivity contribution is 6.06. The van der Waals surface area contributed by atoms with Gasteiger partial charge in [0.1, 0.15) is 18.6 Å². The van der Waals surface area contributed by atoms with Crippen LogP contribution in [-0.4, -0.2) is 30.7 Å². The summed E-state index contributed by atoms with van der Waals surface area (Å²) in [6.07, 6.45) is -0.00467. The molecule has 1 unspecified atom stereocenters. The van der Waals surface area contributed by atoms with Crippen LogP contribution in [-0.2, 0) is 9.59 Å². The molecule has 0 radical (unpaired) electrons. The minimum atomic E-state index is -0.696. The fourth-order valence-electron chi connectivity index (χ4n) is 2.95. The number of hydrogen-bond acceptors (Lipinski definition) is 4. The molecule has 0 fully saturated rings. The van der Waals surface area contributed by atoms with Gasteiger partial charge in [-0.2, -0.15) is 0 Å². The van der Waals surface area contributed by atoms with E-state index < -0.39 is 6.10 Å². The zero-order valence-electron chi connectivity index (χ0n) is 14.9. The van der Waals surface area contributed by atoms with Gasteiger partial charge in [-0.1, -0.05) is 17.7 Å². The molecule has 6 nitrogen and oxygen atoms in total. The molecule has 0 aromatic heterocycles. The quantitative estimate of drug-likeness (QED) is 0.859. The molecule has 0 saturated heterocycles. The van der Waals surface area contributed by atoms with Crippen LogP contribution >= 0.6 is 0 Å². The summed E-state index contributed by atoms with van der Waals surface area (Å²) >= 11 is 0. The maximum absolute atomic E-state index is 12.5. The topological polar surface area (TPSA) is 75.7 Å². The van der Waals surface area contributed by atoms with E-state index in [4.69, 9.17) is 4.74 Å². The number of fused-ring (bicyclic) bond motifs is 1. The molecule has 2 amide bonds. The van der Waals surface area contributed by atoms with Gasteiger partial charge in [-0.15, -0.1) is 0 Å². The molecule has 2 aromatic rings. The van der Waals surface area contributed by atoms with E-state index in [1.807, 2.05) is 32.0 Å². The van der Waals surface area contributed by atoms with Crippen molar-refractivity contribution in [1.29, 1.82) is 0 Å². The second-order valence-electron chi connectivity index (χ2n) is 6.40. The van der Waals surface area contributed by atoms with E-state index in [0.717, 1.165) is 11.1 Å². The van der Waals surface area contributed by atoms with Crippen molar-refractivity contribution >= 4 is 29.5 Å². The number of carbonyl (C=O) groups is 3. The van der Waals surface area contributed by atoms with Crippen molar-refractivity contribution in [2.24, 2.45) is 0 Å². The van der Waals surface area contributed by atoms with Crippen LogP contribution in [0, 0.1) is 13.8 Å². The Hall–Kier alpha value is -3.15. The molecule has 6 heteroatoms. The van der Waals surface area contributed by atoms with Gasteiger partial charge in [-0.05, 0) is 50.6 Å². The first-order valence-electron chi connectivity index (χ1n) is 8.33. The van der Waals surface area contributed by atoms with Crippen molar-refractivity contribution in [2.75, 3.05) is 16.8 Å². The zero-order valence-corrected chi connectivity index (χ0v) is 14.9. The Morgan fingerprint density at radius 1 is 1.23 bits per heavy atom. The van der Waals surface area contributed by atoms with Gasteiger partial charge in [0.2, 0.25) is 5.91 Å². The predicted molar refractivity (Wildman–Crippen MR) is 98.8 cm³/mol. The van der Waals surface area contributed by atoms with Crippen LogP contribution in [0.5, 0.6) is 5.75 Å². The fraction of sp³-hybridized carbons (Fsp3) is 0.250. The van der Waals surface area contributed by atoms with Gasteiger partial charge in [0.25, 0.3) is 5.91 Å². The molecule has 1 aliphatic rings. The number of nitrogens with zero attached hydrogens (tertiary/aromatic N) is 1. The van der Waals surface area contributed by atoms with Crippen LogP contribution in [0.4, 0.5) is 11.4 Å². The normalized spacial score (nSPS) is 15.9. The van der Waals surface area contributed by atoms with E-state index in [9.17, 15) is 14.4 Å². The van der Waals surface area contributed by atoms with Crippen LogP contribution in [0.2, 0.25) is 0 Å². The molecule has 3 rings (SSSR count). The molecule has 0 aliphatic carbocycles. The van der Waals surface area contributed by atoms with Crippen LogP contribution in [0.15, 0.2) is 36.4 Å². The molecule has 1 N–H and O–H groups in total. The highest BCUT2D eigenvalue weighted by Gasteiger charge is 2.33. The molecular weight excluding hydrogens is 332 g/mol. The van der Waals surface area contributed by atoms with Gasteiger partial charge in [0, 0.05) is 11.3 Å². The predicted octanol–water partition coefficient (Wildman–Crippen LogP) is 2.87. The van der Waals surface area contributed by atoms with E-state index in [0.29, 0.717) is 29.0 Å². The monoisotopic (exact) mass is 352 g/mol. The van der Waals surface area contributed by atoms with Crippen molar-refractivity contribution < 1.29 is 19.1 Å². The maximum atomic E-state index is 12.5. The Kier molecular flexibility index (Phi) is 4.75. The minimum Gasteiger partial charge on any atom is -0.479 e. The van der Waals surface area contributed by atoms with E-state index >= 15 is 0 Å². The van der Waals surface area contributed by atoms with Crippen LogP contribution in [0.25, 0.3) is 0 Å². The minimum absolute atomic E-state index is 0.158. The number of rotatable bonds is 4.